The van der Waals surface area contributed by atoms with Crippen molar-refractivity contribution in [3.8, 4) is 6.07 Å². The van der Waals surface area contributed by atoms with E-state index in [4.69, 9.17) is 5.26 Å². The van der Waals surface area contributed by atoms with Gasteiger partial charge < -0.3 is 0 Å². The summed E-state index contributed by atoms with van der Waals surface area (Å²) in [5.41, 5.74) is 0. The Morgan fingerprint density at radius 1 is 1.50 bits per heavy atom. The van der Waals surface area contributed by atoms with Crippen LogP contribution in [0.4, 0.5) is 0 Å². The van der Waals surface area contributed by atoms with Crippen molar-refractivity contribution < 1.29 is 0 Å². The molecule has 0 aromatic heterocycles. The van der Waals surface area contributed by atoms with E-state index in [0.29, 0.717) is 0 Å². The Balaban J connectivity index is 2.48. The normalized spacial score (nSPS) is 40.7. The molecule has 0 atom stereocenters. The Bertz CT molecular complexity index is 151. The summed E-state index contributed by atoms with van der Waals surface area (Å²) in [6.07, 6.45) is 4.64. The van der Waals surface area contributed by atoms with Crippen LogP contribution in [0.25, 0.3) is 0 Å². The van der Waals surface area contributed by atoms with Gasteiger partial charge in [0, 0.05) is 0 Å². The molecule has 1 fully saturated rings. The molecule has 1 saturated carbocycles. The quantitative estimate of drug-likeness (QED) is 0.478. The first kappa shape index (κ1) is 8.32. The molecule has 2 heteroatoms. The third-order valence-electron chi connectivity index (χ3n) is 2.27. The minimum atomic E-state index is -0.0235. The zero-order chi connectivity index (χ0) is 7.61. The Hall–Kier alpha value is 0.220. The molecule has 0 amide bonds. The van der Waals surface area contributed by atoms with Gasteiger partial charge in [0.05, 0.1) is 6.07 Å². The number of nitrogens with zero attached hydrogens (tertiary/aromatic N) is 1. The fraction of sp³-hybridized carbons (Fsp3) is 0.875. The van der Waals surface area contributed by atoms with E-state index in [-0.39, 0.29) is 3.42 Å². The lowest BCUT2D eigenvalue weighted by molar-refractivity contribution is 0.368. The SMILES string of the molecule is CC1CCC(I)(C#N)CC1. The number of hydrogen-bond donors (Lipinski definition) is 0. The van der Waals surface area contributed by atoms with Gasteiger partial charge in [0.25, 0.3) is 0 Å². The molecule has 1 rings (SSSR count). The third-order valence-corrected chi connectivity index (χ3v) is 3.59. The van der Waals surface area contributed by atoms with Crippen LogP contribution in [0.5, 0.6) is 0 Å². The summed E-state index contributed by atoms with van der Waals surface area (Å²) in [5.74, 6) is 0.844. The van der Waals surface area contributed by atoms with Gasteiger partial charge in [-0.2, -0.15) is 5.26 Å². The van der Waals surface area contributed by atoms with Crippen LogP contribution in [-0.2, 0) is 0 Å². The van der Waals surface area contributed by atoms with E-state index in [1.807, 2.05) is 0 Å². The van der Waals surface area contributed by atoms with Gasteiger partial charge in [0.2, 0.25) is 0 Å². The lowest BCUT2D eigenvalue weighted by Gasteiger charge is -2.28. The highest BCUT2D eigenvalue weighted by Gasteiger charge is 2.30. The monoisotopic (exact) mass is 249 g/mol. The van der Waals surface area contributed by atoms with Crippen molar-refractivity contribution in [3.05, 3.63) is 0 Å². The predicted molar refractivity (Wildman–Crippen MR) is 50.0 cm³/mol. The number of rotatable bonds is 0. The number of hydrogen-bond acceptors (Lipinski definition) is 1. The largest absolute Gasteiger partial charge is 0.197 e. The third kappa shape index (κ3) is 1.85. The van der Waals surface area contributed by atoms with E-state index < -0.39 is 0 Å². The lowest BCUT2D eigenvalue weighted by Crippen LogP contribution is -2.24. The molecule has 0 saturated heterocycles. The van der Waals surface area contributed by atoms with Crippen LogP contribution in [0.3, 0.4) is 0 Å². The number of nitriles is 1. The molecule has 0 N–H and O–H groups in total. The summed E-state index contributed by atoms with van der Waals surface area (Å²) in [7, 11) is 0. The first-order chi connectivity index (χ1) is 4.66. The summed E-state index contributed by atoms with van der Waals surface area (Å²) in [5, 5.41) is 8.78. The van der Waals surface area contributed by atoms with Gasteiger partial charge >= 0.3 is 0 Å². The van der Waals surface area contributed by atoms with Gasteiger partial charge in [-0.1, -0.05) is 29.5 Å². The molecule has 0 aliphatic heterocycles. The van der Waals surface area contributed by atoms with Crippen LogP contribution in [0.1, 0.15) is 32.6 Å². The highest BCUT2D eigenvalue weighted by atomic mass is 127. The molecule has 0 heterocycles. The lowest BCUT2D eigenvalue weighted by atomic mass is 9.84. The maximum atomic E-state index is 8.78. The van der Waals surface area contributed by atoms with Gasteiger partial charge in [-0.05, 0) is 31.6 Å². The van der Waals surface area contributed by atoms with Crippen LogP contribution < -0.4 is 0 Å². The summed E-state index contributed by atoms with van der Waals surface area (Å²) in [6, 6.07) is 2.39. The van der Waals surface area contributed by atoms with Gasteiger partial charge in [-0.15, -0.1) is 0 Å². The van der Waals surface area contributed by atoms with Crippen molar-refractivity contribution in [1.82, 2.24) is 0 Å². The highest BCUT2D eigenvalue weighted by Crippen LogP contribution is 2.37. The number of halogens is 1. The molecule has 0 aromatic rings. The van der Waals surface area contributed by atoms with E-state index in [0.717, 1.165) is 18.8 Å². The minimum absolute atomic E-state index is 0.0235. The van der Waals surface area contributed by atoms with E-state index >= 15 is 0 Å². The topological polar surface area (TPSA) is 23.8 Å². The first-order valence-electron chi connectivity index (χ1n) is 3.76. The van der Waals surface area contributed by atoms with Gasteiger partial charge in [0.1, 0.15) is 3.42 Å². The zero-order valence-electron chi connectivity index (χ0n) is 6.23. The average Bonchev–Trinajstić information content (AvgIpc) is 1.96. The zero-order valence-corrected chi connectivity index (χ0v) is 8.39. The van der Waals surface area contributed by atoms with Crippen molar-refractivity contribution in [1.29, 1.82) is 5.26 Å². The smallest absolute Gasteiger partial charge is 0.108 e. The summed E-state index contributed by atoms with van der Waals surface area (Å²) < 4.78 is -0.0235. The molecule has 1 aliphatic rings. The Labute approximate surface area is 75.9 Å². The summed E-state index contributed by atoms with van der Waals surface area (Å²) in [6.45, 7) is 2.27. The highest BCUT2D eigenvalue weighted by molar-refractivity contribution is 14.1. The molecular formula is C8H12IN. The second kappa shape index (κ2) is 3.08. The van der Waals surface area contributed by atoms with Crippen molar-refractivity contribution >= 4 is 22.6 Å². The molecule has 0 radical (unpaired) electrons. The summed E-state index contributed by atoms with van der Waals surface area (Å²) in [4.78, 5) is 0. The molecule has 10 heavy (non-hydrogen) atoms. The van der Waals surface area contributed by atoms with Crippen molar-refractivity contribution in [3.63, 3.8) is 0 Å². The molecule has 0 bridgehead atoms. The van der Waals surface area contributed by atoms with Crippen LogP contribution in [-0.4, -0.2) is 3.42 Å². The fourth-order valence-corrected chi connectivity index (χ4v) is 1.95. The van der Waals surface area contributed by atoms with Crippen LogP contribution in [0, 0.1) is 17.2 Å². The summed E-state index contributed by atoms with van der Waals surface area (Å²) >= 11 is 2.30. The van der Waals surface area contributed by atoms with Gasteiger partial charge in [-0.25, -0.2) is 0 Å². The van der Waals surface area contributed by atoms with E-state index in [9.17, 15) is 0 Å². The molecular weight excluding hydrogens is 237 g/mol. The molecule has 0 aromatic carbocycles. The van der Waals surface area contributed by atoms with Crippen LogP contribution in [0.15, 0.2) is 0 Å². The predicted octanol–water partition coefficient (Wildman–Crippen LogP) is 2.89. The first-order valence-corrected chi connectivity index (χ1v) is 4.84. The Kier molecular flexibility index (Phi) is 2.56. The van der Waals surface area contributed by atoms with Crippen LogP contribution >= 0.6 is 22.6 Å². The van der Waals surface area contributed by atoms with E-state index in [1.54, 1.807) is 0 Å². The number of alkyl halides is 1. The van der Waals surface area contributed by atoms with Gasteiger partial charge in [-0.3, -0.25) is 0 Å². The average molecular weight is 249 g/mol. The van der Waals surface area contributed by atoms with Gasteiger partial charge in [0.15, 0.2) is 0 Å². The van der Waals surface area contributed by atoms with E-state index in [1.165, 1.54) is 12.8 Å². The molecule has 1 nitrogen and oxygen atoms in total. The molecule has 0 unspecified atom stereocenters. The van der Waals surface area contributed by atoms with E-state index in [2.05, 4.69) is 35.6 Å². The second-order valence-corrected chi connectivity index (χ2v) is 5.32. The fourth-order valence-electron chi connectivity index (χ4n) is 1.33. The molecule has 0 spiro atoms. The molecule has 1 aliphatic carbocycles. The second-order valence-electron chi connectivity index (χ2n) is 3.26. The van der Waals surface area contributed by atoms with Crippen molar-refractivity contribution in [2.45, 2.75) is 36.0 Å². The van der Waals surface area contributed by atoms with Crippen molar-refractivity contribution in [2.75, 3.05) is 0 Å². The van der Waals surface area contributed by atoms with Crippen LogP contribution in [0.2, 0.25) is 0 Å². The maximum Gasteiger partial charge on any atom is 0.108 e. The Morgan fingerprint density at radius 3 is 2.40 bits per heavy atom. The maximum absolute atomic E-state index is 8.78. The Morgan fingerprint density at radius 2 is 2.00 bits per heavy atom. The minimum Gasteiger partial charge on any atom is -0.197 e. The standard InChI is InChI=1S/C8H12IN/c1-7-2-4-8(9,6-10)5-3-7/h7H,2-5H2,1H3. The van der Waals surface area contributed by atoms with Crippen molar-refractivity contribution in [2.24, 2.45) is 5.92 Å². The molecule has 56 valence electrons.